The van der Waals surface area contributed by atoms with Crippen LogP contribution in [-0.4, -0.2) is 31.8 Å². The first kappa shape index (κ1) is 15.1. The van der Waals surface area contributed by atoms with Crippen LogP contribution in [0.4, 0.5) is 0 Å². The fourth-order valence-corrected chi connectivity index (χ4v) is 3.30. The average molecular weight is 323 g/mol. The smallest absolute Gasteiger partial charge is 0.247 e. The Morgan fingerprint density at radius 1 is 1.21 bits per heavy atom. The molecule has 6 nitrogen and oxygen atoms in total. The molecule has 2 aromatic heterocycles. The van der Waals surface area contributed by atoms with Crippen molar-refractivity contribution >= 4 is 0 Å². The molecule has 1 atom stereocenters. The van der Waals surface area contributed by atoms with E-state index < -0.39 is 0 Å². The molecule has 0 unspecified atom stereocenters. The van der Waals surface area contributed by atoms with E-state index in [1.54, 1.807) is 0 Å². The third kappa shape index (κ3) is 3.10. The third-order valence-electron chi connectivity index (χ3n) is 4.62. The van der Waals surface area contributed by atoms with Crippen molar-refractivity contribution in [2.45, 2.75) is 38.8 Å². The molecule has 1 fully saturated rings. The minimum atomic E-state index is 0.368. The molecule has 1 aromatic carbocycles. The average Bonchev–Trinajstić information content (AvgIpc) is 3.28. The molecular weight excluding hydrogens is 302 g/mol. The third-order valence-corrected chi connectivity index (χ3v) is 4.62. The van der Waals surface area contributed by atoms with E-state index in [0.717, 1.165) is 18.5 Å². The highest BCUT2D eigenvalue weighted by molar-refractivity contribution is 5.52. The number of hydrogen-bond acceptors (Lipinski definition) is 5. The fourth-order valence-electron chi connectivity index (χ4n) is 3.30. The van der Waals surface area contributed by atoms with Crippen LogP contribution in [0.1, 0.15) is 42.3 Å². The van der Waals surface area contributed by atoms with Gasteiger partial charge in [-0.1, -0.05) is 24.1 Å². The summed E-state index contributed by atoms with van der Waals surface area (Å²) in [5.74, 6) is 1.25. The summed E-state index contributed by atoms with van der Waals surface area (Å²) < 4.78 is 5.89. The standard InChI is InChI=1S/C18H21N5O/c1-13-5-7-14(8-6-13)18-22-21-17(24-18)12-23-9-3-2-4-16(23)15-10-19-20-11-15/h5-8,10-11,16H,2-4,9,12H2,1H3,(H,19,20)/t16-/m1/s1. The maximum Gasteiger partial charge on any atom is 0.247 e. The number of nitrogens with one attached hydrogen (secondary N) is 1. The first-order valence-corrected chi connectivity index (χ1v) is 8.42. The highest BCUT2D eigenvalue weighted by Crippen LogP contribution is 2.31. The molecule has 0 amide bonds. The van der Waals surface area contributed by atoms with Crippen LogP contribution in [0.5, 0.6) is 0 Å². The SMILES string of the molecule is Cc1ccc(-c2nnc(CN3CCCC[C@@H]3c3cn[nH]c3)o2)cc1. The highest BCUT2D eigenvalue weighted by Gasteiger charge is 2.26. The molecule has 0 spiro atoms. The lowest BCUT2D eigenvalue weighted by Crippen LogP contribution is -2.32. The van der Waals surface area contributed by atoms with Gasteiger partial charge in [-0.05, 0) is 38.4 Å². The van der Waals surface area contributed by atoms with E-state index in [-0.39, 0.29) is 0 Å². The largest absolute Gasteiger partial charge is 0.419 e. The van der Waals surface area contributed by atoms with Crippen molar-refractivity contribution in [3.8, 4) is 11.5 Å². The number of aryl methyl sites for hydroxylation is 1. The summed E-state index contributed by atoms with van der Waals surface area (Å²) in [6.07, 6.45) is 7.47. The van der Waals surface area contributed by atoms with Crippen molar-refractivity contribution in [3.63, 3.8) is 0 Å². The van der Waals surface area contributed by atoms with Crippen LogP contribution in [-0.2, 0) is 6.54 Å². The Hall–Kier alpha value is -2.47. The van der Waals surface area contributed by atoms with Gasteiger partial charge in [0.1, 0.15) is 0 Å². The van der Waals surface area contributed by atoms with Gasteiger partial charge in [-0.25, -0.2) is 0 Å². The van der Waals surface area contributed by atoms with Gasteiger partial charge >= 0.3 is 0 Å². The lowest BCUT2D eigenvalue weighted by Gasteiger charge is -2.34. The Balaban J connectivity index is 1.51. The first-order valence-electron chi connectivity index (χ1n) is 8.42. The maximum absolute atomic E-state index is 5.89. The molecule has 3 aromatic rings. The normalized spacial score (nSPS) is 18.8. The molecule has 1 aliphatic heterocycles. The van der Waals surface area contributed by atoms with Crippen molar-refractivity contribution in [2.24, 2.45) is 0 Å². The van der Waals surface area contributed by atoms with Crippen LogP contribution in [0.2, 0.25) is 0 Å². The fraction of sp³-hybridized carbons (Fsp3) is 0.389. The summed E-state index contributed by atoms with van der Waals surface area (Å²) in [4.78, 5) is 2.40. The maximum atomic E-state index is 5.89. The minimum Gasteiger partial charge on any atom is -0.419 e. The van der Waals surface area contributed by atoms with Crippen LogP contribution in [0.15, 0.2) is 41.1 Å². The number of nitrogens with zero attached hydrogens (tertiary/aromatic N) is 4. The molecule has 1 saturated heterocycles. The van der Waals surface area contributed by atoms with Gasteiger partial charge in [-0.3, -0.25) is 10.00 Å². The van der Waals surface area contributed by atoms with Crippen LogP contribution in [0.25, 0.3) is 11.5 Å². The first-order chi connectivity index (χ1) is 11.8. The minimum absolute atomic E-state index is 0.368. The van der Waals surface area contributed by atoms with Gasteiger partial charge in [0.2, 0.25) is 11.8 Å². The molecular formula is C18H21N5O. The number of aromatic nitrogens is 4. The topological polar surface area (TPSA) is 70.8 Å². The second kappa shape index (κ2) is 6.57. The van der Waals surface area contributed by atoms with Gasteiger partial charge < -0.3 is 4.42 Å². The van der Waals surface area contributed by atoms with Gasteiger partial charge in [0.05, 0.1) is 12.7 Å². The second-order valence-electron chi connectivity index (χ2n) is 6.38. The summed E-state index contributed by atoms with van der Waals surface area (Å²) in [5.41, 5.74) is 3.41. The molecule has 0 bridgehead atoms. The van der Waals surface area contributed by atoms with E-state index in [4.69, 9.17) is 4.42 Å². The lowest BCUT2D eigenvalue weighted by molar-refractivity contribution is 0.128. The molecule has 0 radical (unpaired) electrons. The number of piperidine rings is 1. The summed E-state index contributed by atoms with van der Waals surface area (Å²) in [6.45, 7) is 3.78. The number of hydrogen-bond donors (Lipinski definition) is 1. The predicted octanol–water partition coefficient (Wildman–Crippen LogP) is 3.50. The van der Waals surface area contributed by atoms with Crippen molar-refractivity contribution in [1.82, 2.24) is 25.3 Å². The Bertz CT molecular complexity index is 778. The van der Waals surface area contributed by atoms with Crippen molar-refractivity contribution < 1.29 is 4.42 Å². The second-order valence-corrected chi connectivity index (χ2v) is 6.38. The number of aromatic amines is 1. The zero-order valence-corrected chi connectivity index (χ0v) is 13.8. The van der Waals surface area contributed by atoms with E-state index in [0.29, 0.717) is 24.4 Å². The molecule has 0 aliphatic carbocycles. The van der Waals surface area contributed by atoms with Crippen LogP contribution in [0, 0.1) is 6.92 Å². The van der Waals surface area contributed by atoms with Crippen LogP contribution >= 0.6 is 0 Å². The van der Waals surface area contributed by atoms with Crippen LogP contribution in [0.3, 0.4) is 0 Å². The molecule has 0 saturated carbocycles. The van der Waals surface area contributed by atoms with E-state index >= 15 is 0 Å². The Labute approximate surface area is 140 Å². The molecule has 6 heteroatoms. The quantitative estimate of drug-likeness (QED) is 0.796. The molecule has 1 aliphatic rings. The lowest BCUT2D eigenvalue weighted by atomic mass is 9.97. The van der Waals surface area contributed by atoms with Crippen LogP contribution < -0.4 is 0 Å². The van der Waals surface area contributed by atoms with Crippen molar-refractivity contribution in [3.05, 3.63) is 53.7 Å². The van der Waals surface area contributed by atoms with E-state index in [1.165, 1.54) is 24.0 Å². The summed E-state index contributed by atoms with van der Waals surface area (Å²) in [7, 11) is 0. The molecule has 124 valence electrons. The van der Waals surface area contributed by atoms with Gasteiger partial charge in [-0.2, -0.15) is 5.10 Å². The number of H-pyrrole nitrogens is 1. The summed E-state index contributed by atoms with van der Waals surface area (Å²) in [5, 5.41) is 15.5. The van der Waals surface area contributed by atoms with E-state index in [1.807, 2.05) is 24.5 Å². The Morgan fingerprint density at radius 3 is 2.88 bits per heavy atom. The monoisotopic (exact) mass is 323 g/mol. The molecule has 1 N–H and O–H groups in total. The number of rotatable bonds is 4. The van der Waals surface area contributed by atoms with E-state index in [9.17, 15) is 0 Å². The van der Waals surface area contributed by atoms with Gasteiger partial charge in [-0.15, -0.1) is 10.2 Å². The summed E-state index contributed by atoms with van der Waals surface area (Å²) >= 11 is 0. The predicted molar refractivity (Wildman–Crippen MR) is 90.1 cm³/mol. The Morgan fingerprint density at radius 2 is 2.08 bits per heavy atom. The number of likely N-dealkylation sites (tertiary alicyclic amines) is 1. The molecule has 3 heterocycles. The van der Waals surface area contributed by atoms with E-state index in [2.05, 4.69) is 44.4 Å². The Kier molecular flexibility index (Phi) is 4.13. The van der Waals surface area contributed by atoms with Crippen molar-refractivity contribution in [2.75, 3.05) is 6.54 Å². The zero-order chi connectivity index (χ0) is 16.4. The van der Waals surface area contributed by atoms with Crippen molar-refractivity contribution in [1.29, 1.82) is 0 Å². The zero-order valence-electron chi connectivity index (χ0n) is 13.8. The highest BCUT2D eigenvalue weighted by atomic mass is 16.4. The molecule has 4 rings (SSSR count). The van der Waals surface area contributed by atoms with Gasteiger partial charge in [0.25, 0.3) is 0 Å². The number of benzene rings is 1. The van der Waals surface area contributed by atoms with Gasteiger partial charge in [0, 0.05) is 23.4 Å². The molecule has 24 heavy (non-hydrogen) atoms. The summed E-state index contributed by atoms with van der Waals surface area (Å²) in [6, 6.07) is 8.51. The van der Waals surface area contributed by atoms with Gasteiger partial charge in [0.15, 0.2) is 0 Å².